The van der Waals surface area contributed by atoms with E-state index in [-0.39, 0.29) is 22.9 Å². The van der Waals surface area contributed by atoms with Crippen molar-refractivity contribution >= 4 is 52.2 Å². The molecule has 0 aliphatic carbocycles. The maximum Gasteiger partial charge on any atom is 0.305 e. The number of hydrogen-bond donors (Lipinski definition) is 3. The number of rotatable bonds is 6. The van der Waals surface area contributed by atoms with E-state index in [2.05, 4.69) is 10.3 Å². The molecule has 4 aromatic rings. The lowest BCUT2D eigenvalue weighted by molar-refractivity contribution is -0.122. The summed E-state index contributed by atoms with van der Waals surface area (Å²) in [5.74, 6) is -3.04. The minimum atomic E-state index is -0.864. The summed E-state index contributed by atoms with van der Waals surface area (Å²) in [5.41, 5.74) is 1.29. The first-order valence-corrected chi connectivity index (χ1v) is 13.8. The first kappa shape index (κ1) is 25.8. The highest BCUT2D eigenvalue weighted by Crippen LogP contribution is 2.54. The number of nitrogens with one attached hydrogen (secondary N) is 2. The van der Waals surface area contributed by atoms with Crippen molar-refractivity contribution < 1.29 is 28.6 Å². The van der Waals surface area contributed by atoms with E-state index in [1.165, 1.54) is 36.4 Å². The summed E-state index contributed by atoms with van der Waals surface area (Å²) in [5, 5.41) is 11.8. The number of carbonyl (C=O) groups excluding carboxylic acids is 3. The van der Waals surface area contributed by atoms with Gasteiger partial charge in [-0.1, -0.05) is 41.3 Å². The van der Waals surface area contributed by atoms with Crippen LogP contribution in [0.15, 0.2) is 82.6 Å². The number of fused-ring (bicyclic) bond motifs is 2. The lowest BCUT2D eigenvalue weighted by Gasteiger charge is -2.30. The predicted molar refractivity (Wildman–Crippen MR) is 147 cm³/mol. The fourth-order valence-corrected chi connectivity index (χ4v) is 7.46. The highest BCUT2D eigenvalue weighted by atomic mass is 32.2. The van der Waals surface area contributed by atoms with E-state index in [1.54, 1.807) is 36.4 Å². The molecule has 3 amide bonds. The molecule has 0 spiro atoms. The van der Waals surface area contributed by atoms with Gasteiger partial charge in [-0.25, -0.2) is 9.29 Å². The van der Waals surface area contributed by atoms with Gasteiger partial charge in [-0.3, -0.25) is 19.2 Å². The Morgan fingerprint density at radius 1 is 1.00 bits per heavy atom. The molecule has 2 aliphatic heterocycles. The second-order valence-corrected chi connectivity index (χ2v) is 11.3. The van der Waals surface area contributed by atoms with Crippen molar-refractivity contribution in [1.29, 1.82) is 0 Å². The molecular weight excluding hydrogens is 557 g/mol. The van der Waals surface area contributed by atoms with E-state index in [4.69, 9.17) is 4.74 Å². The molecule has 1 aromatic heterocycles. The third kappa shape index (κ3) is 4.65. The summed E-state index contributed by atoms with van der Waals surface area (Å²) in [6, 6.07) is 18.0. The number of thioether (sulfide) groups is 1. The average Bonchev–Trinajstić information content (AvgIpc) is 3.44. The van der Waals surface area contributed by atoms with Crippen molar-refractivity contribution in [3.05, 3.63) is 98.7 Å². The van der Waals surface area contributed by atoms with E-state index in [0.29, 0.717) is 26.9 Å². The predicted octanol–water partition coefficient (Wildman–Crippen LogP) is 4.09. The molecule has 3 N–H and O–H groups in total. The number of hydrogen-bond acceptors (Lipinski definition) is 8. The van der Waals surface area contributed by atoms with E-state index in [0.717, 1.165) is 28.0 Å². The number of H-pyrrole nitrogens is 1. The summed E-state index contributed by atoms with van der Waals surface area (Å²) < 4.78 is 19.5. The minimum Gasteiger partial charge on any atom is -0.508 e. The quantitative estimate of drug-likeness (QED) is 0.233. The van der Waals surface area contributed by atoms with Gasteiger partial charge in [-0.2, -0.15) is 0 Å². The fourth-order valence-electron chi connectivity index (χ4n) is 4.95. The van der Waals surface area contributed by atoms with Gasteiger partial charge < -0.3 is 20.1 Å². The van der Waals surface area contributed by atoms with E-state index >= 15 is 0 Å². The second-order valence-electron chi connectivity index (χ2n) is 9.16. The smallest absolute Gasteiger partial charge is 0.305 e. The maximum atomic E-state index is 13.8. The first-order valence-electron chi connectivity index (χ1n) is 12.1. The molecule has 202 valence electrons. The van der Waals surface area contributed by atoms with Gasteiger partial charge in [0.15, 0.2) is 6.61 Å². The van der Waals surface area contributed by atoms with Crippen molar-refractivity contribution in [3.63, 3.8) is 0 Å². The number of benzene rings is 3. The van der Waals surface area contributed by atoms with Crippen molar-refractivity contribution in [1.82, 2.24) is 4.98 Å². The van der Waals surface area contributed by atoms with Crippen LogP contribution in [0.25, 0.3) is 0 Å². The topological polar surface area (TPSA) is 129 Å². The zero-order valence-corrected chi connectivity index (χ0v) is 22.1. The molecule has 0 bridgehead atoms. The number of imide groups is 1. The highest BCUT2D eigenvalue weighted by Gasteiger charge is 2.56. The van der Waals surface area contributed by atoms with Crippen molar-refractivity contribution in [2.24, 2.45) is 5.92 Å². The number of anilines is 2. The van der Waals surface area contributed by atoms with Gasteiger partial charge in [0.05, 0.1) is 16.6 Å². The van der Waals surface area contributed by atoms with Crippen LogP contribution in [0.4, 0.5) is 15.8 Å². The van der Waals surface area contributed by atoms with Gasteiger partial charge in [-0.05, 0) is 54.6 Å². The number of aromatic amines is 1. The Morgan fingerprint density at radius 3 is 2.48 bits per heavy atom. The molecular formula is C28H20FN3O6S2. The Balaban J connectivity index is 1.33. The summed E-state index contributed by atoms with van der Waals surface area (Å²) in [6.45, 7) is -0.349. The zero-order chi connectivity index (χ0) is 28.0. The Bertz CT molecular complexity index is 1690. The third-order valence-electron chi connectivity index (χ3n) is 6.67. The van der Waals surface area contributed by atoms with Crippen LogP contribution in [0.1, 0.15) is 16.4 Å². The van der Waals surface area contributed by atoms with Gasteiger partial charge in [-0.15, -0.1) is 0 Å². The number of halogens is 1. The fraction of sp³-hybridized carbons (Fsp3) is 0.143. The first-order chi connectivity index (χ1) is 19.3. The number of para-hydroxylation sites is 1. The standard InChI is InChI=1S/C28H20FN3O6S2/c29-14-5-9-16(10-6-14)32-26(35)22-21(23-25(31-28(37)40-23)39-24(22)27(32)36)18-3-1-2-4-19(18)38-13-20(34)30-15-7-11-17(33)12-8-15/h1-12,21-22,24,33H,13H2,(H,30,34)(H,31,37)/t21-,22?,24?/m1/s1. The normalized spacial score (nSPS) is 19.7. The second kappa shape index (κ2) is 10.3. The summed E-state index contributed by atoms with van der Waals surface area (Å²) in [6.07, 6.45) is 0. The number of aromatic nitrogens is 1. The van der Waals surface area contributed by atoms with Crippen LogP contribution in [0.2, 0.25) is 0 Å². The largest absolute Gasteiger partial charge is 0.508 e. The van der Waals surface area contributed by atoms with Crippen molar-refractivity contribution in [2.45, 2.75) is 16.2 Å². The van der Waals surface area contributed by atoms with Crippen LogP contribution < -0.4 is 19.8 Å². The lowest BCUT2D eigenvalue weighted by Crippen LogP contribution is -2.32. The molecule has 9 nitrogen and oxygen atoms in total. The minimum absolute atomic E-state index is 0.0662. The highest BCUT2D eigenvalue weighted by molar-refractivity contribution is 8.00. The van der Waals surface area contributed by atoms with Crippen LogP contribution >= 0.6 is 23.1 Å². The molecule has 2 aliphatic rings. The summed E-state index contributed by atoms with van der Waals surface area (Å²) >= 11 is 2.09. The molecule has 3 atom stereocenters. The maximum absolute atomic E-state index is 13.8. The van der Waals surface area contributed by atoms with Gasteiger partial charge in [0.1, 0.15) is 22.6 Å². The summed E-state index contributed by atoms with van der Waals surface area (Å²) in [7, 11) is 0. The number of ether oxygens (including phenoxy) is 1. The van der Waals surface area contributed by atoms with Gasteiger partial charge >= 0.3 is 4.87 Å². The number of phenolic OH excluding ortho intramolecular Hbond substituents is 1. The molecule has 0 saturated carbocycles. The van der Waals surface area contributed by atoms with Crippen LogP contribution in [0.3, 0.4) is 0 Å². The van der Waals surface area contributed by atoms with Crippen LogP contribution in [-0.4, -0.2) is 39.7 Å². The van der Waals surface area contributed by atoms with E-state index in [9.17, 15) is 28.7 Å². The molecule has 2 unspecified atom stereocenters. The molecule has 40 heavy (non-hydrogen) atoms. The van der Waals surface area contributed by atoms with Crippen LogP contribution in [0, 0.1) is 11.7 Å². The number of thiazole rings is 1. The van der Waals surface area contributed by atoms with Gasteiger partial charge in [0.25, 0.3) is 5.91 Å². The van der Waals surface area contributed by atoms with Crippen molar-refractivity contribution in [3.8, 4) is 11.5 Å². The van der Waals surface area contributed by atoms with Gasteiger partial charge in [0.2, 0.25) is 11.8 Å². The molecule has 3 aromatic carbocycles. The number of aromatic hydroxyl groups is 1. The molecule has 12 heteroatoms. The molecule has 3 heterocycles. The molecule has 0 radical (unpaired) electrons. The Hall–Kier alpha value is -4.42. The number of nitrogens with zero attached hydrogens (tertiary/aromatic N) is 1. The number of carbonyl (C=O) groups is 3. The number of phenols is 1. The molecule has 1 fully saturated rings. The van der Waals surface area contributed by atoms with E-state index in [1.807, 2.05) is 0 Å². The Kier molecular flexibility index (Phi) is 6.64. The number of amides is 3. The monoisotopic (exact) mass is 577 g/mol. The lowest BCUT2D eigenvalue weighted by atomic mass is 9.82. The van der Waals surface area contributed by atoms with E-state index < -0.39 is 40.6 Å². The Morgan fingerprint density at radius 2 is 1.73 bits per heavy atom. The molecule has 6 rings (SSSR count). The van der Waals surface area contributed by atoms with Crippen LogP contribution in [-0.2, 0) is 14.4 Å². The third-order valence-corrected chi connectivity index (χ3v) is 9.07. The van der Waals surface area contributed by atoms with Gasteiger partial charge in [0, 0.05) is 22.0 Å². The summed E-state index contributed by atoms with van der Waals surface area (Å²) in [4.78, 5) is 56.4. The Labute approximate surface area is 234 Å². The zero-order valence-electron chi connectivity index (χ0n) is 20.5. The SMILES string of the molecule is O=C(COc1ccccc1[C@H]1c2sc(=O)[nH]c2SC2C(=O)N(c3ccc(F)cc3)C(=O)C21)Nc1ccc(O)cc1. The average molecular weight is 578 g/mol. The van der Waals surface area contributed by atoms with Crippen molar-refractivity contribution in [2.75, 3.05) is 16.8 Å². The molecule has 1 saturated heterocycles. The van der Waals surface area contributed by atoms with Crippen LogP contribution in [0.5, 0.6) is 11.5 Å².